The van der Waals surface area contributed by atoms with Gasteiger partial charge in [0.2, 0.25) is 5.91 Å². The summed E-state index contributed by atoms with van der Waals surface area (Å²) < 4.78 is 18.4. The lowest BCUT2D eigenvalue weighted by Gasteiger charge is -2.35. The van der Waals surface area contributed by atoms with Crippen molar-refractivity contribution in [2.24, 2.45) is 0 Å². The van der Waals surface area contributed by atoms with E-state index in [2.05, 4.69) is 41.4 Å². The third-order valence-corrected chi connectivity index (χ3v) is 5.19. The first-order valence-corrected chi connectivity index (χ1v) is 10.0. The predicted octanol–water partition coefficient (Wildman–Crippen LogP) is 3.65. The molecule has 0 spiro atoms. The fraction of sp³-hybridized carbons (Fsp3) is 0.435. The Hall–Kier alpha value is -2.24. The minimum absolute atomic E-state index is 0.0630. The highest BCUT2D eigenvalue weighted by Crippen LogP contribution is 2.22. The van der Waals surface area contributed by atoms with Gasteiger partial charge in [-0.1, -0.05) is 42.0 Å². The molecule has 2 aromatic rings. The number of carbonyl (C=O) groups is 1. The maximum Gasteiger partial charge on any atom is 0.220 e. The van der Waals surface area contributed by atoms with E-state index in [-0.39, 0.29) is 17.8 Å². The van der Waals surface area contributed by atoms with Crippen molar-refractivity contribution in [2.75, 3.05) is 32.8 Å². The van der Waals surface area contributed by atoms with Crippen molar-refractivity contribution in [1.82, 2.24) is 10.2 Å². The van der Waals surface area contributed by atoms with E-state index < -0.39 is 0 Å². The van der Waals surface area contributed by atoms with Gasteiger partial charge in [-0.3, -0.25) is 9.69 Å². The summed E-state index contributed by atoms with van der Waals surface area (Å²) in [5, 5.41) is 3.11. The Morgan fingerprint density at radius 2 is 1.93 bits per heavy atom. The molecule has 1 aliphatic rings. The molecule has 3 rings (SSSR count). The van der Waals surface area contributed by atoms with Gasteiger partial charge in [-0.2, -0.15) is 0 Å². The van der Waals surface area contributed by atoms with Crippen molar-refractivity contribution in [3.8, 4) is 0 Å². The van der Waals surface area contributed by atoms with Crippen LogP contribution in [-0.4, -0.2) is 43.7 Å². The Kier molecular flexibility index (Phi) is 7.57. The highest BCUT2D eigenvalue weighted by molar-refractivity contribution is 5.75. The van der Waals surface area contributed by atoms with Gasteiger partial charge in [-0.15, -0.1) is 0 Å². The first kappa shape index (κ1) is 20.5. The minimum atomic E-state index is -0.230. The highest BCUT2D eigenvalue weighted by Gasteiger charge is 2.23. The molecule has 1 atom stereocenters. The Morgan fingerprint density at radius 3 is 2.64 bits per heavy atom. The van der Waals surface area contributed by atoms with Crippen LogP contribution in [0.2, 0.25) is 0 Å². The molecule has 1 heterocycles. The normalized spacial score (nSPS) is 15.9. The lowest BCUT2D eigenvalue weighted by atomic mass is 10.0. The molecule has 0 aliphatic carbocycles. The smallest absolute Gasteiger partial charge is 0.220 e. The van der Waals surface area contributed by atoms with Crippen LogP contribution in [0.3, 0.4) is 0 Å². The fourth-order valence-corrected chi connectivity index (χ4v) is 3.63. The van der Waals surface area contributed by atoms with Crippen LogP contribution in [0.1, 0.15) is 35.6 Å². The number of morpholine rings is 1. The van der Waals surface area contributed by atoms with Crippen LogP contribution in [0.25, 0.3) is 0 Å². The highest BCUT2D eigenvalue weighted by atomic mass is 19.1. The third kappa shape index (κ3) is 6.14. The number of nitrogens with one attached hydrogen (secondary N) is 1. The summed E-state index contributed by atoms with van der Waals surface area (Å²) in [6.07, 6.45) is 2.00. The van der Waals surface area contributed by atoms with E-state index in [9.17, 15) is 9.18 Å². The topological polar surface area (TPSA) is 41.6 Å². The zero-order valence-electron chi connectivity index (χ0n) is 16.5. The van der Waals surface area contributed by atoms with E-state index in [1.54, 1.807) is 12.1 Å². The zero-order chi connectivity index (χ0) is 19.8. The van der Waals surface area contributed by atoms with Gasteiger partial charge in [0.05, 0.1) is 19.3 Å². The van der Waals surface area contributed by atoms with E-state index in [1.165, 1.54) is 23.3 Å². The van der Waals surface area contributed by atoms with Crippen LogP contribution in [0.5, 0.6) is 0 Å². The molecule has 1 N–H and O–H groups in total. The van der Waals surface area contributed by atoms with E-state index >= 15 is 0 Å². The standard InChI is InChI=1S/C23H29FN2O2/c1-18-4-2-6-20(16-18)22(26-12-14-28-15-13-26)17-25-23(27)7-3-5-19-8-10-21(24)11-9-19/h2,4,6,8-11,16,22H,3,5,7,12-15,17H2,1H3,(H,25,27). The number of nitrogens with zero attached hydrogens (tertiary/aromatic N) is 1. The Labute approximate surface area is 166 Å². The van der Waals surface area contributed by atoms with Gasteiger partial charge >= 0.3 is 0 Å². The molecule has 0 aromatic heterocycles. The summed E-state index contributed by atoms with van der Waals surface area (Å²) in [4.78, 5) is 14.7. The van der Waals surface area contributed by atoms with E-state index in [4.69, 9.17) is 4.74 Å². The fourth-order valence-electron chi connectivity index (χ4n) is 3.63. The van der Waals surface area contributed by atoms with Crippen molar-refractivity contribution < 1.29 is 13.9 Å². The van der Waals surface area contributed by atoms with Crippen molar-refractivity contribution in [1.29, 1.82) is 0 Å². The summed E-state index contributed by atoms with van der Waals surface area (Å²) in [6, 6.07) is 15.1. The van der Waals surface area contributed by atoms with Gasteiger partial charge < -0.3 is 10.1 Å². The second-order valence-corrected chi connectivity index (χ2v) is 7.36. The quantitative estimate of drug-likeness (QED) is 0.755. The van der Waals surface area contributed by atoms with Crippen LogP contribution >= 0.6 is 0 Å². The van der Waals surface area contributed by atoms with Crippen molar-refractivity contribution in [3.05, 3.63) is 71.0 Å². The molecule has 0 radical (unpaired) electrons. The Bertz CT molecular complexity index is 757. The molecule has 1 fully saturated rings. The molecule has 0 saturated carbocycles. The van der Waals surface area contributed by atoms with Gasteiger partial charge in [-0.25, -0.2) is 4.39 Å². The number of carbonyl (C=O) groups excluding carboxylic acids is 1. The summed E-state index contributed by atoms with van der Waals surface area (Å²) in [6.45, 7) is 5.90. The molecular weight excluding hydrogens is 355 g/mol. The van der Waals surface area contributed by atoms with Crippen LogP contribution < -0.4 is 5.32 Å². The number of rotatable bonds is 8. The molecule has 0 bridgehead atoms. The number of amides is 1. The zero-order valence-corrected chi connectivity index (χ0v) is 16.5. The van der Waals surface area contributed by atoms with Gasteiger partial charge in [0.25, 0.3) is 0 Å². The molecule has 1 saturated heterocycles. The Balaban J connectivity index is 1.52. The van der Waals surface area contributed by atoms with Gasteiger partial charge in [-0.05, 0) is 43.0 Å². The van der Waals surface area contributed by atoms with Crippen LogP contribution in [-0.2, 0) is 16.0 Å². The lowest BCUT2D eigenvalue weighted by molar-refractivity contribution is -0.121. The summed E-state index contributed by atoms with van der Waals surface area (Å²) >= 11 is 0. The number of halogens is 1. The minimum Gasteiger partial charge on any atom is -0.379 e. The van der Waals surface area contributed by atoms with Crippen LogP contribution in [0, 0.1) is 12.7 Å². The molecule has 4 nitrogen and oxygen atoms in total. The van der Waals surface area contributed by atoms with E-state index in [0.29, 0.717) is 13.0 Å². The third-order valence-electron chi connectivity index (χ3n) is 5.19. The second kappa shape index (κ2) is 10.3. The first-order valence-electron chi connectivity index (χ1n) is 10.0. The molecule has 2 aromatic carbocycles. The first-order chi connectivity index (χ1) is 13.6. The number of aryl methyl sites for hydroxylation is 2. The average molecular weight is 384 g/mol. The Morgan fingerprint density at radius 1 is 1.18 bits per heavy atom. The van der Waals surface area contributed by atoms with E-state index in [0.717, 1.165) is 44.7 Å². The van der Waals surface area contributed by atoms with Gasteiger partial charge in [0, 0.05) is 26.1 Å². The van der Waals surface area contributed by atoms with E-state index in [1.807, 2.05) is 0 Å². The molecule has 1 unspecified atom stereocenters. The monoisotopic (exact) mass is 384 g/mol. The molecule has 1 aliphatic heterocycles. The van der Waals surface area contributed by atoms with Crippen molar-refractivity contribution in [3.63, 3.8) is 0 Å². The lowest BCUT2D eigenvalue weighted by Crippen LogP contribution is -2.43. The number of ether oxygens (including phenoxy) is 1. The molecule has 1 amide bonds. The summed E-state index contributed by atoms with van der Waals surface area (Å²) in [5.41, 5.74) is 3.51. The maximum absolute atomic E-state index is 13.0. The maximum atomic E-state index is 13.0. The molecule has 28 heavy (non-hydrogen) atoms. The van der Waals surface area contributed by atoms with Gasteiger partial charge in [0.15, 0.2) is 0 Å². The summed E-state index contributed by atoms with van der Waals surface area (Å²) in [7, 11) is 0. The molecule has 5 heteroatoms. The number of benzene rings is 2. The number of hydrogen-bond acceptors (Lipinski definition) is 3. The number of hydrogen-bond donors (Lipinski definition) is 1. The van der Waals surface area contributed by atoms with Crippen molar-refractivity contribution in [2.45, 2.75) is 32.2 Å². The molecular formula is C23H29FN2O2. The van der Waals surface area contributed by atoms with Crippen molar-refractivity contribution >= 4 is 5.91 Å². The van der Waals surface area contributed by atoms with Crippen LogP contribution in [0.15, 0.2) is 48.5 Å². The average Bonchev–Trinajstić information content (AvgIpc) is 2.71. The second-order valence-electron chi connectivity index (χ2n) is 7.36. The largest absolute Gasteiger partial charge is 0.379 e. The molecule has 150 valence electrons. The SMILES string of the molecule is Cc1cccc(C(CNC(=O)CCCc2ccc(F)cc2)N2CCOCC2)c1. The summed E-state index contributed by atoms with van der Waals surface area (Å²) in [5.74, 6) is -0.167. The van der Waals surface area contributed by atoms with Gasteiger partial charge in [0.1, 0.15) is 5.82 Å². The van der Waals surface area contributed by atoms with Crippen LogP contribution in [0.4, 0.5) is 4.39 Å². The predicted molar refractivity (Wildman–Crippen MR) is 109 cm³/mol.